The molecule has 0 saturated heterocycles. The molecule has 0 N–H and O–H groups in total. The molecule has 0 aliphatic carbocycles. The Morgan fingerprint density at radius 1 is 1.46 bits per heavy atom. The summed E-state index contributed by atoms with van der Waals surface area (Å²) in [6.07, 6.45) is 0.997. The smallest absolute Gasteiger partial charge is 0.223 e. The number of benzene rings is 1. The van der Waals surface area contributed by atoms with Gasteiger partial charge in [-0.25, -0.2) is 0 Å². The Morgan fingerprint density at radius 3 is 2.92 bits per heavy atom. The predicted molar refractivity (Wildman–Crippen MR) is 52.9 cm³/mol. The first-order chi connectivity index (χ1) is 6.18. The largest absolute Gasteiger partial charge is 0.312 e. The van der Waals surface area contributed by atoms with Gasteiger partial charge in [-0.3, -0.25) is 4.79 Å². The van der Waals surface area contributed by atoms with Gasteiger partial charge in [0.2, 0.25) is 5.91 Å². The monoisotopic (exact) mass is 175 g/mol. The van der Waals surface area contributed by atoms with Crippen LogP contribution in [0.15, 0.2) is 18.2 Å². The first-order valence-electron chi connectivity index (χ1n) is 4.56. The molecule has 2 nitrogen and oxygen atoms in total. The van der Waals surface area contributed by atoms with E-state index in [4.69, 9.17) is 0 Å². The van der Waals surface area contributed by atoms with Crippen molar-refractivity contribution < 1.29 is 4.79 Å². The lowest BCUT2D eigenvalue weighted by Gasteiger charge is -2.14. The molecule has 0 atom stereocenters. The number of hydrogen-bond donors (Lipinski definition) is 0. The topological polar surface area (TPSA) is 20.3 Å². The van der Waals surface area contributed by atoms with Crippen LogP contribution in [0.2, 0.25) is 0 Å². The zero-order valence-electron chi connectivity index (χ0n) is 8.00. The molecule has 0 unspecified atom stereocenters. The molecule has 0 spiro atoms. The summed E-state index contributed by atoms with van der Waals surface area (Å²) in [5.74, 6) is 0.141. The molecule has 0 saturated carbocycles. The molecule has 2 rings (SSSR count). The van der Waals surface area contributed by atoms with Crippen molar-refractivity contribution in [1.29, 1.82) is 0 Å². The van der Waals surface area contributed by atoms with E-state index in [0.717, 1.165) is 18.7 Å². The number of amides is 1. The lowest BCUT2D eigenvalue weighted by molar-refractivity contribution is -0.116. The summed E-state index contributed by atoms with van der Waals surface area (Å²) in [5, 5.41) is 0. The van der Waals surface area contributed by atoms with Gasteiger partial charge in [-0.2, -0.15) is 0 Å². The third-order valence-electron chi connectivity index (χ3n) is 2.51. The van der Waals surface area contributed by atoms with Crippen LogP contribution in [-0.4, -0.2) is 12.5 Å². The number of aryl methyl sites for hydroxylation is 1. The quantitative estimate of drug-likeness (QED) is 0.589. The van der Waals surface area contributed by atoms with Crippen molar-refractivity contribution in [3.05, 3.63) is 29.3 Å². The summed E-state index contributed by atoms with van der Waals surface area (Å²) in [6, 6.07) is 6.26. The SMILES string of the molecule is CC(=O)N1CCc2cc(C)ccc21. The van der Waals surface area contributed by atoms with E-state index in [1.54, 1.807) is 6.92 Å². The van der Waals surface area contributed by atoms with Crippen molar-refractivity contribution in [3.63, 3.8) is 0 Å². The second kappa shape index (κ2) is 2.87. The van der Waals surface area contributed by atoms with Gasteiger partial charge < -0.3 is 4.90 Å². The Hall–Kier alpha value is -1.31. The number of rotatable bonds is 0. The molecule has 13 heavy (non-hydrogen) atoms. The van der Waals surface area contributed by atoms with E-state index >= 15 is 0 Å². The van der Waals surface area contributed by atoms with Gasteiger partial charge in [0.25, 0.3) is 0 Å². The Bertz CT molecular complexity index is 357. The summed E-state index contributed by atoms with van der Waals surface area (Å²) in [7, 11) is 0. The van der Waals surface area contributed by atoms with Gasteiger partial charge in [0, 0.05) is 19.2 Å². The first-order valence-corrected chi connectivity index (χ1v) is 4.56. The summed E-state index contributed by atoms with van der Waals surface area (Å²) in [4.78, 5) is 13.1. The Morgan fingerprint density at radius 2 is 2.23 bits per heavy atom. The van der Waals surface area contributed by atoms with Crippen LogP contribution in [0.3, 0.4) is 0 Å². The van der Waals surface area contributed by atoms with E-state index in [1.807, 2.05) is 11.0 Å². The highest BCUT2D eigenvalue weighted by molar-refractivity contribution is 5.93. The number of carbonyl (C=O) groups is 1. The number of anilines is 1. The molecule has 1 amide bonds. The highest BCUT2D eigenvalue weighted by Crippen LogP contribution is 2.28. The normalized spacial score (nSPS) is 14.5. The molecule has 1 aromatic carbocycles. The van der Waals surface area contributed by atoms with Gasteiger partial charge >= 0.3 is 0 Å². The van der Waals surface area contributed by atoms with Crippen LogP contribution >= 0.6 is 0 Å². The van der Waals surface area contributed by atoms with E-state index in [9.17, 15) is 4.79 Å². The first kappa shape index (κ1) is 8.30. The molecular weight excluding hydrogens is 162 g/mol. The van der Waals surface area contributed by atoms with Crippen molar-refractivity contribution >= 4 is 11.6 Å². The maximum atomic E-state index is 11.2. The van der Waals surface area contributed by atoms with Crippen LogP contribution in [0.4, 0.5) is 5.69 Å². The van der Waals surface area contributed by atoms with Gasteiger partial charge in [-0.05, 0) is 25.0 Å². The van der Waals surface area contributed by atoms with E-state index in [1.165, 1.54) is 11.1 Å². The van der Waals surface area contributed by atoms with Crippen LogP contribution in [-0.2, 0) is 11.2 Å². The molecular formula is C11H13NO. The van der Waals surface area contributed by atoms with Crippen molar-refractivity contribution in [1.82, 2.24) is 0 Å². The fourth-order valence-corrected chi connectivity index (χ4v) is 1.86. The lowest BCUT2D eigenvalue weighted by Crippen LogP contribution is -2.25. The predicted octanol–water partition coefficient (Wildman–Crippen LogP) is 1.90. The molecule has 1 aromatic rings. The maximum absolute atomic E-state index is 11.2. The van der Waals surface area contributed by atoms with Crippen LogP contribution in [0.5, 0.6) is 0 Å². The molecule has 2 heteroatoms. The van der Waals surface area contributed by atoms with Crippen LogP contribution in [0, 0.1) is 6.92 Å². The summed E-state index contributed by atoms with van der Waals surface area (Å²) in [5.41, 5.74) is 3.66. The molecule has 0 aromatic heterocycles. The fraction of sp³-hybridized carbons (Fsp3) is 0.364. The van der Waals surface area contributed by atoms with Crippen molar-refractivity contribution in [3.8, 4) is 0 Å². The highest BCUT2D eigenvalue weighted by atomic mass is 16.2. The van der Waals surface area contributed by atoms with Crippen LogP contribution in [0.25, 0.3) is 0 Å². The van der Waals surface area contributed by atoms with Gasteiger partial charge in [0.05, 0.1) is 0 Å². The summed E-state index contributed by atoms with van der Waals surface area (Å²) >= 11 is 0. The van der Waals surface area contributed by atoms with E-state index in [2.05, 4.69) is 19.1 Å². The molecule has 0 bridgehead atoms. The number of hydrogen-bond acceptors (Lipinski definition) is 1. The number of fused-ring (bicyclic) bond motifs is 1. The molecule has 0 radical (unpaired) electrons. The fourth-order valence-electron chi connectivity index (χ4n) is 1.86. The lowest BCUT2D eigenvalue weighted by atomic mass is 10.1. The average molecular weight is 175 g/mol. The standard InChI is InChI=1S/C11H13NO/c1-8-3-4-11-10(7-8)5-6-12(11)9(2)13/h3-4,7H,5-6H2,1-2H3. The molecule has 1 aliphatic heterocycles. The third kappa shape index (κ3) is 1.32. The second-order valence-electron chi connectivity index (χ2n) is 3.55. The zero-order chi connectivity index (χ0) is 9.42. The molecule has 68 valence electrons. The Labute approximate surface area is 78.2 Å². The second-order valence-corrected chi connectivity index (χ2v) is 3.55. The van der Waals surface area contributed by atoms with Crippen molar-refractivity contribution in [2.24, 2.45) is 0 Å². The average Bonchev–Trinajstić information content (AvgIpc) is 2.46. The van der Waals surface area contributed by atoms with Crippen molar-refractivity contribution in [2.75, 3.05) is 11.4 Å². The Balaban J connectivity index is 2.44. The van der Waals surface area contributed by atoms with E-state index in [0.29, 0.717) is 0 Å². The minimum atomic E-state index is 0.141. The van der Waals surface area contributed by atoms with Crippen LogP contribution < -0.4 is 4.90 Å². The van der Waals surface area contributed by atoms with Gasteiger partial charge in [-0.1, -0.05) is 17.7 Å². The van der Waals surface area contributed by atoms with Gasteiger partial charge in [0.15, 0.2) is 0 Å². The minimum absolute atomic E-state index is 0.141. The molecule has 1 heterocycles. The Kier molecular flexibility index (Phi) is 1.83. The number of nitrogens with zero attached hydrogens (tertiary/aromatic N) is 1. The highest BCUT2D eigenvalue weighted by Gasteiger charge is 2.21. The number of carbonyl (C=O) groups excluding carboxylic acids is 1. The summed E-state index contributed by atoms with van der Waals surface area (Å²) < 4.78 is 0. The minimum Gasteiger partial charge on any atom is -0.312 e. The van der Waals surface area contributed by atoms with E-state index < -0.39 is 0 Å². The molecule has 1 aliphatic rings. The maximum Gasteiger partial charge on any atom is 0.223 e. The zero-order valence-corrected chi connectivity index (χ0v) is 8.00. The molecule has 0 fully saturated rings. The van der Waals surface area contributed by atoms with Gasteiger partial charge in [0.1, 0.15) is 0 Å². The summed E-state index contributed by atoms with van der Waals surface area (Å²) in [6.45, 7) is 4.54. The van der Waals surface area contributed by atoms with E-state index in [-0.39, 0.29) is 5.91 Å². The third-order valence-corrected chi connectivity index (χ3v) is 2.51. The van der Waals surface area contributed by atoms with Crippen LogP contribution in [0.1, 0.15) is 18.1 Å². The van der Waals surface area contributed by atoms with Crippen molar-refractivity contribution in [2.45, 2.75) is 20.3 Å². The van der Waals surface area contributed by atoms with Gasteiger partial charge in [-0.15, -0.1) is 0 Å².